The molecule has 22 heavy (non-hydrogen) atoms. The van der Waals surface area contributed by atoms with Gasteiger partial charge in [0.05, 0.1) is 16.9 Å². The van der Waals surface area contributed by atoms with Gasteiger partial charge in [0.15, 0.2) is 0 Å². The van der Waals surface area contributed by atoms with Crippen LogP contribution in [-0.4, -0.2) is 28.6 Å². The Morgan fingerprint density at radius 1 is 1.27 bits per heavy atom. The summed E-state index contributed by atoms with van der Waals surface area (Å²) in [5.74, 6) is -1.47. The van der Waals surface area contributed by atoms with Gasteiger partial charge in [-0.3, -0.25) is 10.1 Å². The molecule has 120 valence electrons. The summed E-state index contributed by atoms with van der Waals surface area (Å²) in [5, 5.41) is 23.8. The molecular formula is C14H17N2O6-. The summed E-state index contributed by atoms with van der Waals surface area (Å²) in [6.45, 7) is 4.95. The third kappa shape index (κ3) is 5.78. The number of rotatable bonds is 5. The van der Waals surface area contributed by atoms with Gasteiger partial charge in [-0.05, 0) is 32.8 Å². The van der Waals surface area contributed by atoms with E-state index in [9.17, 15) is 24.8 Å². The van der Waals surface area contributed by atoms with Crippen LogP contribution in [0.15, 0.2) is 24.3 Å². The highest BCUT2D eigenvalue weighted by Gasteiger charge is 2.20. The van der Waals surface area contributed by atoms with Gasteiger partial charge in [-0.15, -0.1) is 0 Å². The molecule has 0 saturated carbocycles. The van der Waals surface area contributed by atoms with Crippen molar-refractivity contribution in [1.29, 1.82) is 0 Å². The first-order valence-corrected chi connectivity index (χ1v) is 6.52. The number of nitro benzene ring substituents is 1. The number of carboxylic acids is 1. The molecule has 0 saturated heterocycles. The summed E-state index contributed by atoms with van der Waals surface area (Å²) >= 11 is 0. The Morgan fingerprint density at radius 3 is 2.23 bits per heavy atom. The maximum atomic E-state index is 11.6. The molecule has 0 aliphatic heterocycles. The number of carbonyl (C=O) groups excluding carboxylic acids is 2. The van der Waals surface area contributed by atoms with Crippen LogP contribution < -0.4 is 10.4 Å². The van der Waals surface area contributed by atoms with E-state index in [4.69, 9.17) is 4.74 Å². The molecule has 0 spiro atoms. The van der Waals surface area contributed by atoms with E-state index in [2.05, 4.69) is 5.32 Å². The van der Waals surface area contributed by atoms with E-state index < -0.39 is 28.6 Å². The predicted molar refractivity (Wildman–Crippen MR) is 75.0 cm³/mol. The molecule has 0 radical (unpaired) electrons. The summed E-state index contributed by atoms with van der Waals surface area (Å²) in [4.78, 5) is 32.7. The maximum Gasteiger partial charge on any atom is 0.408 e. The number of alkyl carbamates (subject to hydrolysis) is 1. The molecule has 0 aliphatic rings. The topological polar surface area (TPSA) is 122 Å². The van der Waals surface area contributed by atoms with Crippen LogP contribution in [0.5, 0.6) is 0 Å². The van der Waals surface area contributed by atoms with Crippen molar-refractivity contribution in [3.8, 4) is 0 Å². The van der Waals surface area contributed by atoms with Gasteiger partial charge < -0.3 is 20.0 Å². The van der Waals surface area contributed by atoms with Crippen molar-refractivity contribution >= 4 is 17.7 Å². The minimum absolute atomic E-state index is 0.0699. The minimum atomic E-state index is -1.47. The molecule has 1 N–H and O–H groups in total. The Kier molecular flexibility index (Phi) is 5.44. The monoisotopic (exact) mass is 309 g/mol. The number of hydrogen-bond donors (Lipinski definition) is 1. The highest BCUT2D eigenvalue weighted by Crippen LogP contribution is 2.13. The Bertz CT molecular complexity index is 562. The smallest absolute Gasteiger partial charge is 0.408 e. The average Bonchev–Trinajstić information content (AvgIpc) is 2.36. The van der Waals surface area contributed by atoms with Crippen LogP contribution in [0, 0.1) is 10.1 Å². The lowest BCUT2D eigenvalue weighted by Crippen LogP contribution is -2.50. The van der Waals surface area contributed by atoms with Gasteiger partial charge >= 0.3 is 6.09 Å². The second-order valence-electron chi connectivity index (χ2n) is 5.65. The summed E-state index contributed by atoms with van der Waals surface area (Å²) in [7, 11) is 0. The molecule has 0 fully saturated rings. The fourth-order valence-corrected chi connectivity index (χ4v) is 1.63. The van der Waals surface area contributed by atoms with Crippen LogP contribution >= 0.6 is 0 Å². The molecule has 1 aromatic carbocycles. The zero-order valence-electron chi connectivity index (χ0n) is 12.5. The van der Waals surface area contributed by atoms with Gasteiger partial charge in [-0.1, -0.05) is 12.1 Å². The van der Waals surface area contributed by atoms with E-state index in [0.717, 1.165) is 0 Å². The van der Waals surface area contributed by atoms with Crippen LogP contribution in [0.4, 0.5) is 10.5 Å². The molecule has 0 aromatic heterocycles. The molecule has 0 bridgehead atoms. The van der Waals surface area contributed by atoms with Gasteiger partial charge in [0.2, 0.25) is 0 Å². The highest BCUT2D eigenvalue weighted by molar-refractivity contribution is 5.79. The second kappa shape index (κ2) is 6.88. The Labute approximate surface area is 127 Å². The normalized spacial score (nSPS) is 12.3. The van der Waals surface area contributed by atoms with Crippen LogP contribution in [0.3, 0.4) is 0 Å². The van der Waals surface area contributed by atoms with Crippen molar-refractivity contribution in [3.05, 3.63) is 39.9 Å². The van der Waals surface area contributed by atoms with Crippen molar-refractivity contribution in [2.75, 3.05) is 0 Å². The van der Waals surface area contributed by atoms with Crippen molar-refractivity contribution in [1.82, 2.24) is 5.32 Å². The average molecular weight is 309 g/mol. The molecule has 8 heteroatoms. The number of nitrogens with one attached hydrogen (secondary N) is 1. The molecule has 1 unspecified atom stereocenters. The standard InChI is InChI=1S/C14H18N2O6/c1-14(2,3)22-13(19)15-11(12(17)18)8-9-4-6-10(7-5-9)16(20)21/h4-7,11H,8H2,1-3H3,(H,15,19)(H,17,18)/p-1. The summed E-state index contributed by atoms with van der Waals surface area (Å²) in [5.41, 5.74) is -0.349. The van der Waals surface area contributed by atoms with E-state index in [-0.39, 0.29) is 12.1 Å². The number of nitro groups is 1. The van der Waals surface area contributed by atoms with Crippen molar-refractivity contribution in [2.24, 2.45) is 0 Å². The summed E-state index contributed by atoms with van der Waals surface area (Å²) in [6.07, 6.45) is -0.942. The zero-order chi connectivity index (χ0) is 16.9. The minimum Gasteiger partial charge on any atom is -0.548 e. The first-order valence-electron chi connectivity index (χ1n) is 6.52. The molecular weight excluding hydrogens is 292 g/mol. The van der Waals surface area contributed by atoms with E-state index >= 15 is 0 Å². The number of ether oxygens (including phenoxy) is 1. The lowest BCUT2D eigenvalue weighted by atomic mass is 10.1. The SMILES string of the molecule is CC(C)(C)OC(=O)NC(Cc1ccc([N+](=O)[O-])cc1)C(=O)[O-]. The zero-order valence-corrected chi connectivity index (χ0v) is 12.5. The lowest BCUT2D eigenvalue weighted by molar-refractivity contribution is -0.384. The number of amides is 1. The van der Waals surface area contributed by atoms with Gasteiger partial charge in [0, 0.05) is 12.1 Å². The van der Waals surface area contributed by atoms with E-state index in [1.165, 1.54) is 24.3 Å². The molecule has 1 amide bonds. The van der Waals surface area contributed by atoms with Crippen LogP contribution in [0.2, 0.25) is 0 Å². The third-order valence-electron chi connectivity index (χ3n) is 2.56. The first kappa shape index (κ1) is 17.4. The molecule has 1 aromatic rings. The van der Waals surface area contributed by atoms with Crippen molar-refractivity contribution in [3.63, 3.8) is 0 Å². The molecule has 0 aliphatic carbocycles. The third-order valence-corrected chi connectivity index (χ3v) is 2.56. The number of aliphatic carboxylic acids is 1. The number of carbonyl (C=O) groups is 2. The van der Waals surface area contributed by atoms with E-state index in [1.807, 2.05) is 0 Å². The number of hydrogen-bond acceptors (Lipinski definition) is 6. The Morgan fingerprint density at radius 2 is 1.82 bits per heavy atom. The quantitative estimate of drug-likeness (QED) is 0.633. The maximum absolute atomic E-state index is 11.6. The molecule has 8 nitrogen and oxygen atoms in total. The van der Waals surface area contributed by atoms with Crippen LogP contribution in [0.25, 0.3) is 0 Å². The fourth-order valence-electron chi connectivity index (χ4n) is 1.63. The largest absolute Gasteiger partial charge is 0.548 e. The number of carboxylic acid groups (broad SMARTS) is 1. The molecule has 1 atom stereocenters. The lowest BCUT2D eigenvalue weighted by Gasteiger charge is -2.24. The number of non-ortho nitro benzene ring substituents is 1. The van der Waals surface area contributed by atoms with Crippen LogP contribution in [-0.2, 0) is 16.0 Å². The highest BCUT2D eigenvalue weighted by atomic mass is 16.6. The van der Waals surface area contributed by atoms with Gasteiger partial charge in [-0.2, -0.15) is 0 Å². The summed E-state index contributed by atoms with van der Waals surface area (Å²) in [6, 6.07) is 4.07. The van der Waals surface area contributed by atoms with Crippen LogP contribution in [0.1, 0.15) is 26.3 Å². The molecule has 1 rings (SSSR count). The fraction of sp³-hybridized carbons (Fsp3) is 0.429. The predicted octanol–water partition coefficient (Wildman–Crippen LogP) is 0.780. The van der Waals surface area contributed by atoms with E-state index in [0.29, 0.717) is 5.56 Å². The van der Waals surface area contributed by atoms with Crippen molar-refractivity contribution < 1.29 is 24.4 Å². The first-order chi connectivity index (χ1) is 10.1. The number of benzene rings is 1. The molecule has 0 heterocycles. The Balaban J connectivity index is 2.74. The summed E-state index contributed by atoms with van der Waals surface area (Å²) < 4.78 is 4.98. The van der Waals surface area contributed by atoms with Gasteiger partial charge in [0.1, 0.15) is 5.60 Å². The van der Waals surface area contributed by atoms with Crippen molar-refractivity contribution in [2.45, 2.75) is 38.8 Å². The number of nitrogens with zero attached hydrogens (tertiary/aromatic N) is 1. The van der Waals surface area contributed by atoms with Gasteiger partial charge in [0.25, 0.3) is 5.69 Å². The van der Waals surface area contributed by atoms with E-state index in [1.54, 1.807) is 20.8 Å². The van der Waals surface area contributed by atoms with Gasteiger partial charge in [-0.25, -0.2) is 4.79 Å². The Hall–Kier alpha value is -2.64. The second-order valence-corrected chi connectivity index (χ2v) is 5.65.